The van der Waals surface area contributed by atoms with Crippen LogP contribution in [-0.2, 0) is 11.3 Å². The second-order valence-corrected chi connectivity index (χ2v) is 6.92. The number of hydrogen-bond acceptors (Lipinski definition) is 2. The molecule has 2 heterocycles. The van der Waals surface area contributed by atoms with Gasteiger partial charge in [0.25, 0.3) is 5.91 Å². The van der Waals surface area contributed by atoms with Gasteiger partial charge in [-0.3, -0.25) is 9.59 Å². The molecule has 0 radical (unpaired) electrons. The van der Waals surface area contributed by atoms with Crippen molar-refractivity contribution in [2.75, 3.05) is 0 Å². The van der Waals surface area contributed by atoms with Crippen LogP contribution in [0.15, 0.2) is 66.9 Å². The third-order valence-corrected chi connectivity index (χ3v) is 5.06. The summed E-state index contributed by atoms with van der Waals surface area (Å²) in [7, 11) is 0. The van der Waals surface area contributed by atoms with Gasteiger partial charge in [0.1, 0.15) is 0 Å². The van der Waals surface area contributed by atoms with Gasteiger partial charge in [0.2, 0.25) is 0 Å². The highest BCUT2D eigenvalue weighted by molar-refractivity contribution is 6.30. The second-order valence-electron chi connectivity index (χ2n) is 6.49. The first-order valence-electron chi connectivity index (χ1n) is 8.58. The lowest BCUT2D eigenvalue weighted by atomic mass is 10.1. The van der Waals surface area contributed by atoms with Gasteiger partial charge < -0.3 is 14.6 Å². The molecule has 1 amide bonds. The fourth-order valence-electron chi connectivity index (χ4n) is 3.57. The Morgan fingerprint density at radius 2 is 1.78 bits per heavy atom. The highest BCUT2D eigenvalue weighted by atomic mass is 35.5. The Morgan fingerprint density at radius 1 is 1.04 bits per heavy atom. The van der Waals surface area contributed by atoms with Crippen LogP contribution in [0.5, 0.6) is 0 Å². The van der Waals surface area contributed by atoms with Gasteiger partial charge in [0.15, 0.2) is 0 Å². The molecule has 5 nitrogen and oxygen atoms in total. The molecule has 1 atom stereocenters. The predicted octanol–water partition coefficient (Wildman–Crippen LogP) is 4.30. The zero-order chi connectivity index (χ0) is 19.0. The minimum atomic E-state index is -0.951. The summed E-state index contributed by atoms with van der Waals surface area (Å²) in [5.41, 5.74) is 3.18. The summed E-state index contributed by atoms with van der Waals surface area (Å²) < 4.78 is 1.97. The molecule has 1 N–H and O–H groups in total. The number of halogens is 1. The lowest BCUT2D eigenvalue weighted by Gasteiger charge is -2.29. The fourth-order valence-corrected chi connectivity index (χ4v) is 3.70. The molecule has 0 aliphatic carbocycles. The molecule has 0 saturated carbocycles. The van der Waals surface area contributed by atoms with E-state index in [1.54, 1.807) is 29.2 Å². The van der Waals surface area contributed by atoms with Crippen LogP contribution in [0, 0.1) is 0 Å². The number of rotatable bonds is 3. The predicted molar refractivity (Wildman–Crippen MR) is 102 cm³/mol. The molecule has 1 aliphatic rings. The number of amides is 1. The summed E-state index contributed by atoms with van der Waals surface area (Å²) in [6, 6.07) is 17.6. The van der Waals surface area contributed by atoms with E-state index in [-0.39, 0.29) is 12.3 Å². The summed E-state index contributed by atoms with van der Waals surface area (Å²) in [6.07, 6.45) is 1.73. The van der Waals surface area contributed by atoms with Crippen molar-refractivity contribution < 1.29 is 14.7 Å². The van der Waals surface area contributed by atoms with E-state index in [2.05, 4.69) is 0 Å². The number of carboxylic acid groups (broad SMARTS) is 1. The van der Waals surface area contributed by atoms with E-state index in [0.29, 0.717) is 17.1 Å². The first-order chi connectivity index (χ1) is 13.0. The van der Waals surface area contributed by atoms with Crippen LogP contribution in [-0.4, -0.2) is 26.5 Å². The molecule has 6 heteroatoms. The van der Waals surface area contributed by atoms with Crippen molar-refractivity contribution in [1.29, 1.82) is 0 Å². The van der Waals surface area contributed by atoms with Crippen molar-refractivity contribution >= 4 is 23.5 Å². The van der Waals surface area contributed by atoms with Crippen molar-refractivity contribution in [3.05, 3.63) is 88.7 Å². The van der Waals surface area contributed by atoms with Crippen molar-refractivity contribution in [1.82, 2.24) is 9.47 Å². The van der Waals surface area contributed by atoms with Gasteiger partial charge in [-0.25, -0.2) is 0 Å². The van der Waals surface area contributed by atoms with Crippen LogP contribution in [0.3, 0.4) is 0 Å². The lowest BCUT2D eigenvalue weighted by Crippen LogP contribution is -2.35. The number of aliphatic carboxylic acids is 1. The number of carbonyl (C=O) groups excluding carboxylic acids is 1. The molecule has 0 spiro atoms. The van der Waals surface area contributed by atoms with Gasteiger partial charge in [0, 0.05) is 29.0 Å². The fraction of sp³-hybridized carbons (Fsp3) is 0.143. The zero-order valence-corrected chi connectivity index (χ0v) is 15.1. The van der Waals surface area contributed by atoms with Crippen LogP contribution < -0.4 is 0 Å². The Morgan fingerprint density at radius 3 is 2.52 bits per heavy atom. The number of nitrogens with zero attached hydrogens (tertiary/aromatic N) is 2. The Hall–Kier alpha value is -3.05. The Bertz CT molecular complexity index is 1010. The van der Waals surface area contributed by atoms with E-state index in [1.807, 2.05) is 47.2 Å². The molecule has 3 aromatic rings. The highest BCUT2D eigenvalue weighted by Gasteiger charge is 2.33. The van der Waals surface area contributed by atoms with E-state index in [4.69, 9.17) is 11.6 Å². The van der Waals surface area contributed by atoms with Crippen molar-refractivity contribution in [2.24, 2.45) is 0 Å². The summed E-state index contributed by atoms with van der Waals surface area (Å²) in [5, 5.41) is 10.0. The molecule has 27 heavy (non-hydrogen) atoms. The van der Waals surface area contributed by atoms with E-state index in [9.17, 15) is 14.7 Å². The number of fused-ring (bicyclic) bond motifs is 3. The van der Waals surface area contributed by atoms with Gasteiger partial charge in [-0.05, 0) is 48.0 Å². The van der Waals surface area contributed by atoms with Crippen molar-refractivity contribution in [2.45, 2.75) is 19.0 Å². The van der Waals surface area contributed by atoms with Crippen LogP contribution in [0.2, 0.25) is 5.02 Å². The Kier molecular flexibility index (Phi) is 4.46. The van der Waals surface area contributed by atoms with Gasteiger partial charge in [-0.1, -0.05) is 29.8 Å². The largest absolute Gasteiger partial charge is 0.481 e. The first kappa shape index (κ1) is 17.4. The average Bonchev–Trinajstić information content (AvgIpc) is 3.10. The number of benzene rings is 2. The molecule has 0 saturated heterocycles. The van der Waals surface area contributed by atoms with E-state index in [1.165, 1.54) is 0 Å². The zero-order valence-electron chi connectivity index (χ0n) is 14.4. The van der Waals surface area contributed by atoms with Crippen molar-refractivity contribution in [3.63, 3.8) is 0 Å². The topological polar surface area (TPSA) is 62.5 Å². The molecule has 4 rings (SSSR count). The van der Waals surface area contributed by atoms with Crippen LogP contribution in [0.25, 0.3) is 5.69 Å². The first-order valence-corrected chi connectivity index (χ1v) is 8.96. The molecular weight excluding hydrogens is 364 g/mol. The van der Waals surface area contributed by atoms with E-state index < -0.39 is 12.0 Å². The molecular formula is C21H17ClN2O3. The van der Waals surface area contributed by atoms with Crippen molar-refractivity contribution in [3.8, 4) is 5.69 Å². The average molecular weight is 381 g/mol. The maximum atomic E-state index is 13.3. The minimum absolute atomic E-state index is 0.169. The SMILES string of the molecule is O=C(O)CC1c2cccn2-c2ccccc2CN1C(=O)c1ccc(Cl)cc1. The maximum absolute atomic E-state index is 13.3. The smallest absolute Gasteiger partial charge is 0.305 e. The number of para-hydroxylation sites is 1. The third-order valence-electron chi connectivity index (χ3n) is 4.81. The number of carbonyl (C=O) groups is 2. The summed E-state index contributed by atoms with van der Waals surface area (Å²) in [5.74, 6) is -1.17. The van der Waals surface area contributed by atoms with Gasteiger partial charge in [-0.2, -0.15) is 0 Å². The van der Waals surface area contributed by atoms with E-state index in [0.717, 1.165) is 16.9 Å². The number of carboxylic acids is 1. The molecule has 1 aromatic heterocycles. The van der Waals surface area contributed by atoms with E-state index >= 15 is 0 Å². The maximum Gasteiger partial charge on any atom is 0.305 e. The molecule has 0 fully saturated rings. The molecule has 1 unspecified atom stereocenters. The molecule has 1 aliphatic heterocycles. The standard InChI is InChI=1S/C21H17ClN2O3/c22-16-9-7-14(8-10-16)21(27)24-13-15-4-1-2-5-17(15)23-11-3-6-18(23)19(24)12-20(25)26/h1-11,19H,12-13H2,(H,25,26). The minimum Gasteiger partial charge on any atom is -0.481 e. The quantitative estimate of drug-likeness (QED) is 0.736. The van der Waals surface area contributed by atoms with Gasteiger partial charge in [-0.15, -0.1) is 0 Å². The third kappa shape index (κ3) is 3.22. The number of hydrogen-bond donors (Lipinski definition) is 1. The monoisotopic (exact) mass is 380 g/mol. The summed E-state index contributed by atoms with van der Waals surface area (Å²) >= 11 is 5.94. The Balaban J connectivity index is 1.85. The lowest BCUT2D eigenvalue weighted by molar-refractivity contribution is -0.138. The molecule has 0 bridgehead atoms. The summed E-state index contributed by atoms with van der Waals surface area (Å²) in [4.78, 5) is 26.5. The molecule has 136 valence electrons. The Labute approximate surface area is 161 Å². The molecule has 2 aromatic carbocycles. The second kappa shape index (κ2) is 6.93. The van der Waals surface area contributed by atoms with Gasteiger partial charge >= 0.3 is 5.97 Å². The van der Waals surface area contributed by atoms with Crippen LogP contribution in [0.1, 0.15) is 34.1 Å². The number of aromatic nitrogens is 1. The highest BCUT2D eigenvalue weighted by Crippen LogP contribution is 2.35. The van der Waals surface area contributed by atoms with Crippen LogP contribution in [0.4, 0.5) is 0 Å². The van der Waals surface area contributed by atoms with Crippen LogP contribution >= 0.6 is 11.6 Å². The normalized spacial score (nSPS) is 15.6. The van der Waals surface area contributed by atoms with Gasteiger partial charge in [0.05, 0.1) is 18.2 Å². The summed E-state index contributed by atoms with van der Waals surface area (Å²) in [6.45, 7) is 0.331.